The molecule has 0 fully saturated rings. The van der Waals surface area contributed by atoms with Crippen LogP contribution in [-0.4, -0.2) is 25.7 Å². The fourth-order valence-electron chi connectivity index (χ4n) is 6.99. The topological polar surface area (TPSA) is 92.7 Å². The Labute approximate surface area is 327 Å². The molecule has 0 unspecified atom stereocenters. The van der Waals surface area contributed by atoms with Crippen LogP contribution in [0.5, 0.6) is 0 Å². The molecule has 0 saturated heterocycles. The molecule has 0 aliphatic carbocycles. The number of aromatic nitrogens is 4. The van der Waals surface area contributed by atoms with Gasteiger partial charge in [0.25, 0.3) is 0 Å². The van der Waals surface area contributed by atoms with Crippen molar-refractivity contribution in [1.29, 1.82) is 0 Å². The lowest BCUT2D eigenvalue weighted by molar-refractivity contribution is -0.137. The van der Waals surface area contributed by atoms with Crippen molar-refractivity contribution in [3.05, 3.63) is 180 Å². The third-order valence-corrected chi connectivity index (χ3v) is 9.69. The molecule has 0 aliphatic heterocycles. The van der Waals surface area contributed by atoms with Gasteiger partial charge in [-0.1, -0.05) is 48.5 Å². The second kappa shape index (κ2) is 15.4. The zero-order valence-corrected chi connectivity index (χ0v) is 30.2. The van der Waals surface area contributed by atoms with Gasteiger partial charge in [-0.2, -0.15) is 26.3 Å². The molecular weight excluding hydrogens is 755 g/mol. The van der Waals surface area contributed by atoms with Crippen LogP contribution in [0, 0.1) is 0 Å². The summed E-state index contributed by atoms with van der Waals surface area (Å²) in [4.78, 5) is 31.6. The Morgan fingerprint density at radius 2 is 0.914 bits per heavy atom. The first kappa shape index (κ1) is 37.8. The van der Waals surface area contributed by atoms with E-state index < -0.39 is 29.3 Å². The number of benzene rings is 4. The van der Waals surface area contributed by atoms with E-state index in [1.165, 1.54) is 24.3 Å². The van der Waals surface area contributed by atoms with Crippen LogP contribution in [0.4, 0.5) is 37.7 Å². The van der Waals surface area contributed by atoms with Gasteiger partial charge < -0.3 is 10.6 Å². The predicted molar refractivity (Wildman–Crippen MR) is 211 cm³/mol. The van der Waals surface area contributed by atoms with Crippen LogP contribution in [-0.2, 0) is 25.4 Å². The van der Waals surface area contributed by atoms with Crippen LogP contribution in [0.1, 0.15) is 38.2 Å². The Balaban J connectivity index is 1.32. The molecule has 8 aromatic rings. The number of carbonyl (C=O) groups is 1. The molecule has 2 N–H and O–H groups in total. The molecule has 0 atom stereocenters. The number of anilines is 2. The van der Waals surface area contributed by atoms with Crippen LogP contribution < -0.4 is 10.6 Å². The van der Waals surface area contributed by atoms with Gasteiger partial charge in [0.15, 0.2) is 5.78 Å². The van der Waals surface area contributed by atoms with E-state index in [1.54, 1.807) is 73.3 Å². The maximum absolute atomic E-state index is 15.1. The molecule has 13 heteroatoms. The average molecular weight is 785 g/mol. The quantitative estimate of drug-likeness (QED) is 0.105. The van der Waals surface area contributed by atoms with Crippen molar-refractivity contribution < 1.29 is 31.1 Å². The van der Waals surface area contributed by atoms with Crippen molar-refractivity contribution in [2.75, 3.05) is 10.6 Å². The van der Waals surface area contributed by atoms with Gasteiger partial charge in [-0.05, 0) is 82.9 Å². The predicted octanol–water partition coefficient (Wildman–Crippen LogP) is 11.4. The number of nitrogens with one attached hydrogen (secondary N) is 2. The summed E-state index contributed by atoms with van der Waals surface area (Å²) in [6.07, 6.45) is -0.706. The van der Waals surface area contributed by atoms with E-state index in [0.717, 1.165) is 35.7 Å². The molecule has 0 saturated carbocycles. The molecule has 4 heterocycles. The molecule has 0 amide bonds. The van der Waals surface area contributed by atoms with Crippen LogP contribution in [0.3, 0.4) is 0 Å². The first-order valence-electron chi connectivity index (χ1n) is 17.9. The van der Waals surface area contributed by atoms with Gasteiger partial charge in [0.05, 0.1) is 22.2 Å². The number of hydrogen-bond acceptors (Lipinski definition) is 7. The van der Waals surface area contributed by atoms with Gasteiger partial charge >= 0.3 is 12.4 Å². The lowest BCUT2D eigenvalue weighted by atomic mass is 9.87. The second-order valence-corrected chi connectivity index (χ2v) is 13.4. The summed E-state index contributed by atoms with van der Waals surface area (Å²) in [6, 6.07) is 28.4. The Morgan fingerprint density at radius 1 is 0.517 bits per heavy atom. The van der Waals surface area contributed by atoms with E-state index in [1.807, 2.05) is 24.3 Å². The number of nitrogens with zero attached hydrogens (tertiary/aromatic N) is 4. The van der Waals surface area contributed by atoms with Gasteiger partial charge in [-0.25, -0.2) is 0 Å². The summed E-state index contributed by atoms with van der Waals surface area (Å²) in [7, 11) is 0. The number of ketones is 1. The third-order valence-electron chi connectivity index (χ3n) is 9.69. The second-order valence-electron chi connectivity index (χ2n) is 13.4. The number of fused-ring (bicyclic) bond motifs is 2. The summed E-state index contributed by atoms with van der Waals surface area (Å²) in [5.41, 5.74) is 1.41. The van der Waals surface area contributed by atoms with Gasteiger partial charge in [-0.3, -0.25) is 24.7 Å². The summed E-state index contributed by atoms with van der Waals surface area (Å²) in [5, 5.41) is 6.74. The Kier molecular flexibility index (Phi) is 10.0. The smallest absolute Gasteiger partial charge is 0.381 e. The normalized spacial score (nSPS) is 11.8. The summed E-state index contributed by atoms with van der Waals surface area (Å²) in [6.45, 7) is 0.825. The van der Waals surface area contributed by atoms with Gasteiger partial charge in [0, 0.05) is 94.7 Å². The van der Waals surface area contributed by atoms with E-state index in [2.05, 4.69) is 30.6 Å². The van der Waals surface area contributed by atoms with E-state index in [9.17, 15) is 26.3 Å². The van der Waals surface area contributed by atoms with E-state index >= 15 is 4.79 Å². The molecule has 0 radical (unpaired) electrons. The van der Waals surface area contributed by atoms with Crippen molar-refractivity contribution in [2.45, 2.75) is 25.4 Å². The standard InChI is InChI=1S/C45H30F6N6O/c46-44(47,48)37-11-3-9-33-39(29-5-1-7-31(21-29)54-23-27-13-17-52-18-14-27)35(25-56-41(33)37)43(58)36-26-57-42-34(10-4-12-38(42)45(49,50)51)40(36)30-6-2-8-32(22-30)55-24-28-15-19-53-20-16-28/h1-22,25-26,54-55H,23-24H2. The molecule has 288 valence electrons. The van der Waals surface area contributed by atoms with Gasteiger partial charge in [0.1, 0.15) is 0 Å². The average Bonchev–Trinajstić information content (AvgIpc) is 3.23. The molecule has 0 spiro atoms. The maximum Gasteiger partial charge on any atom is 0.418 e. The van der Waals surface area contributed by atoms with Crippen LogP contribution >= 0.6 is 0 Å². The Morgan fingerprint density at radius 3 is 1.31 bits per heavy atom. The van der Waals surface area contributed by atoms with E-state index in [-0.39, 0.29) is 44.1 Å². The SMILES string of the molecule is O=C(c1cnc2c(C(F)(F)F)cccc2c1-c1cccc(NCc2ccncc2)c1)c1cnc2c(C(F)(F)F)cccc2c1-c1cccc(NCc2ccncc2)c1. The number of para-hydroxylation sites is 2. The minimum atomic E-state index is -4.76. The van der Waals surface area contributed by atoms with Crippen LogP contribution in [0.15, 0.2) is 146 Å². The lowest BCUT2D eigenvalue weighted by Gasteiger charge is -2.19. The van der Waals surface area contributed by atoms with Crippen molar-refractivity contribution in [3.63, 3.8) is 0 Å². The minimum absolute atomic E-state index is 0.0592. The molecule has 0 bridgehead atoms. The number of rotatable bonds is 10. The molecular formula is C45H30F6N6O. The number of hydrogen-bond donors (Lipinski definition) is 2. The van der Waals surface area contributed by atoms with Crippen LogP contribution in [0.2, 0.25) is 0 Å². The Hall–Kier alpha value is -7.15. The first-order chi connectivity index (χ1) is 28.0. The van der Waals surface area contributed by atoms with Crippen molar-refractivity contribution in [1.82, 2.24) is 19.9 Å². The largest absolute Gasteiger partial charge is 0.418 e. The van der Waals surface area contributed by atoms with E-state index in [0.29, 0.717) is 35.6 Å². The van der Waals surface area contributed by atoms with Gasteiger partial charge in [-0.15, -0.1) is 0 Å². The zero-order valence-electron chi connectivity index (χ0n) is 30.2. The zero-order chi connectivity index (χ0) is 40.4. The number of carbonyl (C=O) groups excluding carboxylic acids is 1. The van der Waals surface area contributed by atoms with Crippen molar-refractivity contribution >= 4 is 39.0 Å². The molecule has 4 aromatic carbocycles. The highest BCUT2D eigenvalue weighted by atomic mass is 19.4. The molecule has 58 heavy (non-hydrogen) atoms. The Bertz CT molecular complexity index is 2600. The fourth-order valence-corrected chi connectivity index (χ4v) is 6.99. The van der Waals surface area contributed by atoms with Crippen molar-refractivity contribution in [3.8, 4) is 22.3 Å². The van der Waals surface area contributed by atoms with Gasteiger partial charge in [0.2, 0.25) is 0 Å². The summed E-state index contributed by atoms with van der Waals surface area (Å²) in [5.74, 6) is -0.700. The highest BCUT2D eigenvalue weighted by Gasteiger charge is 2.36. The molecule has 8 rings (SSSR count). The lowest BCUT2D eigenvalue weighted by Crippen LogP contribution is -2.12. The monoisotopic (exact) mass is 784 g/mol. The summed E-state index contributed by atoms with van der Waals surface area (Å²) < 4.78 is 86.2. The first-order valence-corrected chi connectivity index (χ1v) is 17.9. The van der Waals surface area contributed by atoms with Crippen LogP contribution in [0.25, 0.3) is 44.1 Å². The summed E-state index contributed by atoms with van der Waals surface area (Å²) >= 11 is 0. The third kappa shape index (κ3) is 7.66. The number of alkyl halides is 6. The minimum Gasteiger partial charge on any atom is -0.381 e. The molecule has 4 aromatic heterocycles. The highest BCUT2D eigenvalue weighted by molar-refractivity contribution is 6.21. The fraction of sp³-hybridized carbons (Fsp3) is 0.0889. The number of pyridine rings is 4. The van der Waals surface area contributed by atoms with Crippen molar-refractivity contribution in [2.24, 2.45) is 0 Å². The molecule has 0 aliphatic rings. The van der Waals surface area contributed by atoms with E-state index in [4.69, 9.17) is 0 Å². The molecule has 7 nitrogen and oxygen atoms in total. The highest BCUT2D eigenvalue weighted by Crippen LogP contribution is 2.43. The number of halogens is 6. The maximum atomic E-state index is 15.1.